The average Bonchev–Trinajstić information content (AvgIpc) is 3.22. The highest BCUT2D eigenvalue weighted by molar-refractivity contribution is 7.14. The van der Waals surface area contributed by atoms with Crippen LogP contribution in [0.5, 0.6) is 0 Å². The molecule has 2 heterocycles. The van der Waals surface area contributed by atoms with Gasteiger partial charge in [0.25, 0.3) is 0 Å². The fourth-order valence-electron chi connectivity index (χ4n) is 3.15. The fourth-order valence-corrected chi connectivity index (χ4v) is 3.87. The van der Waals surface area contributed by atoms with Crippen molar-refractivity contribution in [2.45, 2.75) is 53.4 Å². The van der Waals surface area contributed by atoms with Gasteiger partial charge >= 0.3 is 0 Å². The van der Waals surface area contributed by atoms with Crippen molar-refractivity contribution < 1.29 is 9.32 Å². The summed E-state index contributed by atoms with van der Waals surface area (Å²) in [5, 5.41) is 9.35. The zero-order valence-electron chi connectivity index (χ0n) is 16.1. The van der Waals surface area contributed by atoms with Gasteiger partial charge in [0.1, 0.15) is 0 Å². The van der Waals surface area contributed by atoms with Gasteiger partial charge in [0, 0.05) is 30.2 Å². The summed E-state index contributed by atoms with van der Waals surface area (Å²) in [6, 6.07) is 4.30. The summed E-state index contributed by atoms with van der Waals surface area (Å²) >= 11 is 1.43. The Bertz CT molecular complexity index is 922. The maximum Gasteiger partial charge on any atom is 0.227 e. The smallest absolute Gasteiger partial charge is 0.227 e. The van der Waals surface area contributed by atoms with E-state index in [0.717, 1.165) is 24.1 Å². The van der Waals surface area contributed by atoms with Gasteiger partial charge in [0.05, 0.1) is 5.69 Å². The number of carbonyl (C=O) groups excluding carboxylic acids is 1. The second-order valence-corrected chi connectivity index (χ2v) is 7.57. The van der Waals surface area contributed by atoms with Crippen molar-refractivity contribution in [2.75, 3.05) is 5.32 Å². The molecule has 0 aliphatic rings. The van der Waals surface area contributed by atoms with E-state index in [1.54, 1.807) is 0 Å². The van der Waals surface area contributed by atoms with Crippen molar-refractivity contribution in [3.8, 4) is 11.3 Å². The molecule has 0 saturated carbocycles. The highest BCUT2D eigenvalue weighted by Crippen LogP contribution is 2.31. The minimum absolute atomic E-state index is 0.108. The third-order valence-electron chi connectivity index (χ3n) is 4.23. The molecule has 2 aromatic heterocycles. The van der Waals surface area contributed by atoms with Crippen LogP contribution in [-0.4, -0.2) is 21.0 Å². The first kappa shape index (κ1) is 19.2. The number of aryl methyl sites for hydroxylation is 5. The Kier molecular flexibility index (Phi) is 6.01. The molecule has 1 amide bonds. The van der Waals surface area contributed by atoms with Crippen molar-refractivity contribution in [1.29, 1.82) is 0 Å². The van der Waals surface area contributed by atoms with Crippen molar-refractivity contribution >= 4 is 22.4 Å². The van der Waals surface area contributed by atoms with Gasteiger partial charge in [-0.25, -0.2) is 4.98 Å². The Hall–Kier alpha value is -2.54. The quantitative estimate of drug-likeness (QED) is 0.642. The topological polar surface area (TPSA) is 80.9 Å². The number of anilines is 1. The molecule has 0 unspecified atom stereocenters. The maximum absolute atomic E-state index is 12.2. The van der Waals surface area contributed by atoms with Crippen molar-refractivity contribution in [3.63, 3.8) is 0 Å². The molecule has 0 aliphatic carbocycles. The fraction of sp³-hybridized carbons (Fsp3) is 0.400. The van der Waals surface area contributed by atoms with E-state index < -0.39 is 0 Å². The van der Waals surface area contributed by atoms with Gasteiger partial charge in [-0.1, -0.05) is 29.8 Å². The van der Waals surface area contributed by atoms with Crippen LogP contribution < -0.4 is 5.32 Å². The molecular weight excluding hydrogens is 360 g/mol. The van der Waals surface area contributed by atoms with Gasteiger partial charge in [-0.3, -0.25) is 4.79 Å². The number of nitrogens with zero attached hydrogens (tertiary/aromatic N) is 3. The Labute approximate surface area is 163 Å². The zero-order valence-corrected chi connectivity index (χ0v) is 16.9. The summed E-state index contributed by atoms with van der Waals surface area (Å²) in [5.74, 6) is 1.09. The Morgan fingerprint density at radius 3 is 2.59 bits per heavy atom. The number of rotatable bonds is 7. The number of amides is 1. The van der Waals surface area contributed by atoms with Crippen molar-refractivity contribution in [3.05, 3.63) is 45.9 Å². The minimum atomic E-state index is -0.108. The number of hydrogen-bond donors (Lipinski definition) is 1. The number of thiazole rings is 1. The van der Waals surface area contributed by atoms with Crippen LogP contribution in [-0.2, 0) is 17.6 Å². The lowest BCUT2D eigenvalue weighted by Crippen LogP contribution is -2.12. The molecule has 0 aliphatic heterocycles. The lowest BCUT2D eigenvalue weighted by Gasteiger charge is -2.08. The molecule has 7 heteroatoms. The van der Waals surface area contributed by atoms with Crippen LogP contribution in [0.4, 0.5) is 5.13 Å². The monoisotopic (exact) mass is 384 g/mol. The largest absolute Gasteiger partial charge is 0.339 e. The molecule has 0 spiro atoms. The SMILES string of the molecule is CCCc1noc(CCC(=O)Nc2nc(-c3c(C)cc(C)cc3C)cs2)n1. The van der Waals surface area contributed by atoms with Crippen LogP contribution in [0.15, 0.2) is 22.0 Å². The molecule has 1 aromatic carbocycles. The van der Waals surface area contributed by atoms with Gasteiger partial charge in [-0.2, -0.15) is 4.98 Å². The standard InChI is InChI=1S/C20H24N4O2S/c1-5-6-16-22-18(26-24-16)8-7-17(25)23-20-21-15(11-27-20)19-13(3)9-12(2)10-14(19)4/h9-11H,5-8H2,1-4H3,(H,21,23,25). The van der Waals surface area contributed by atoms with E-state index >= 15 is 0 Å². The summed E-state index contributed by atoms with van der Waals surface area (Å²) in [7, 11) is 0. The van der Waals surface area contributed by atoms with Gasteiger partial charge in [0.2, 0.25) is 11.8 Å². The molecule has 1 N–H and O–H groups in total. The number of benzene rings is 1. The molecule has 3 aromatic rings. The Balaban J connectivity index is 1.61. The summed E-state index contributed by atoms with van der Waals surface area (Å²) in [6.45, 7) is 8.32. The third-order valence-corrected chi connectivity index (χ3v) is 4.99. The van der Waals surface area contributed by atoms with E-state index in [0.29, 0.717) is 23.3 Å². The van der Waals surface area contributed by atoms with Gasteiger partial charge in [-0.05, 0) is 38.3 Å². The lowest BCUT2D eigenvalue weighted by molar-refractivity contribution is -0.116. The second-order valence-electron chi connectivity index (χ2n) is 6.71. The van der Waals surface area contributed by atoms with Crippen LogP contribution in [0.2, 0.25) is 0 Å². The lowest BCUT2D eigenvalue weighted by atomic mass is 9.98. The van der Waals surface area contributed by atoms with E-state index in [-0.39, 0.29) is 12.3 Å². The van der Waals surface area contributed by atoms with E-state index in [2.05, 4.69) is 60.3 Å². The number of hydrogen-bond acceptors (Lipinski definition) is 6. The summed E-state index contributed by atoms with van der Waals surface area (Å²) in [5.41, 5.74) is 5.64. The first-order valence-electron chi connectivity index (χ1n) is 9.11. The van der Waals surface area contributed by atoms with Crippen molar-refractivity contribution in [1.82, 2.24) is 15.1 Å². The summed E-state index contributed by atoms with van der Waals surface area (Å²) in [6.07, 6.45) is 2.46. The molecule has 3 rings (SSSR count). The predicted molar refractivity (Wildman–Crippen MR) is 107 cm³/mol. The zero-order chi connectivity index (χ0) is 19.4. The molecule has 6 nitrogen and oxygen atoms in total. The predicted octanol–water partition coefficient (Wildman–Crippen LogP) is 4.64. The molecule has 0 radical (unpaired) electrons. The number of nitrogens with one attached hydrogen (secondary N) is 1. The number of carbonyl (C=O) groups is 1. The van der Waals surface area contributed by atoms with Crippen molar-refractivity contribution in [2.24, 2.45) is 0 Å². The number of aromatic nitrogens is 3. The van der Waals surface area contributed by atoms with E-state index in [1.165, 1.54) is 28.0 Å². The Morgan fingerprint density at radius 1 is 1.15 bits per heavy atom. The average molecular weight is 385 g/mol. The molecule has 27 heavy (non-hydrogen) atoms. The van der Waals surface area contributed by atoms with Crippen LogP contribution in [0.25, 0.3) is 11.3 Å². The molecular formula is C20H24N4O2S. The van der Waals surface area contributed by atoms with Gasteiger partial charge < -0.3 is 9.84 Å². The van der Waals surface area contributed by atoms with Crippen LogP contribution in [0.3, 0.4) is 0 Å². The molecule has 0 fully saturated rings. The van der Waals surface area contributed by atoms with Gasteiger partial charge in [0.15, 0.2) is 11.0 Å². The first-order valence-corrected chi connectivity index (χ1v) is 9.99. The van der Waals surface area contributed by atoms with E-state index in [4.69, 9.17) is 4.52 Å². The van der Waals surface area contributed by atoms with Gasteiger partial charge in [-0.15, -0.1) is 11.3 Å². The van der Waals surface area contributed by atoms with E-state index in [1.807, 2.05) is 5.38 Å². The van der Waals surface area contributed by atoms with Crippen LogP contribution >= 0.6 is 11.3 Å². The maximum atomic E-state index is 12.2. The minimum Gasteiger partial charge on any atom is -0.339 e. The Morgan fingerprint density at radius 2 is 1.89 bits per heavy atom. The van der Waals surface area contributed by atoms with E-state index in [9.17, 15) is 4.79 Å². The first-order chi connectivity index (χ1) is 13.0. The normalized spacial score (nSPS) is 11.0. The van der Waals surface area contributed by atoms with Crippen LogP contribution in [0, 0.1) is 20.8 Å². The molecule has 0 bridgehead atoms. The molecule has 0 atom stereocenters. The third kappa shape index (κ3) is 4.80. The summed E-state index contributed by atoms with van der Waals surface area (Å²) < 4.78 is 5.16. The molecule has 142 valence electrons. The van der Waals surface area contributed by atoms with Crippen LogP contribution in [0.1, 0.15) is 48.2 Å². The summed E-state index contributed by atoms with van der Waals surface area (Å²) in [4.78, 5) is 21.1. The highest BCUT2D eigenvalue weighted by Gasteiger charge is 2.13. The molecule has 0 saturated heterocycles. The second kappa shape index (κ2) is 8.43. The highest BCUT2D eigenvalue weighted by atomic mass is 32.1.